The molecule has 0 aromatic heterocycles. The lowest BCUT2D eigenvalue weighted by Crippen LogP contribution is -2.46. The number of hydrogen-bond donors (Lipinski definition) is 1. The van der Waals surface area contributed by atoms with E-state index in [0.29, 0.717) is 51.7 Å². The zero-order valence-corrected chi connectivity index (χ0v) is 28.1. The number of carbonyl (C=O) groups excluding carboxylic acids is 1. The van der Waals surface area contributed by atoms with Crippen molar-refractivity contribution in [1.82, 2.24) is 10.2 Å². The zero-order chi connectivity index (χ0) is 32.0. The molecule has 1 aliphatic heterocycles. The summed E-state index contributed by atoms with van der Waals surface area (Å²) < 4.78 is 23.7. The molecule has 1 heterocycles. The molecule has 238 valence electrons. The van der Waals surface area contributed by atoms with Gasteiger partial charge in [-0.2, -0.15) is 0 Å². The molecule has 0 bridgehead atoms. The molecule has 44 heavy (non-hydrogen) atoms. The van der Waals surface area contributed by atoms with Crippen molar-refractivity contribution in [2.24, 2.45) is 0 Å². The molecule has 3 aromatic rings. The van der Waals surface area contributed by atoms with Gasteiger partial charge in [-0.1, -0.05) is 6.07 Å². The number of urea groups is 1. The van der Waals surface area contributed by atoms with Crippen molar-refractivity contribution in [3.63, 3.8) is 0 Å². The van der Waals surface area contributed by atoms with Gasteiger partial charge in [-0.3, -0.25) is 0 Å². The Labute approximate surface area is 263 Å². The summed E-state index contributed by atoms with van der Waals surface area (Å²) in [5.74, 6) is 2.90. The first-order valence-corrected chi connectivity index (χ1v) is 16.1. The van der Waals surface area contributed by atoms with E-state index in [1.807, 2.05) is 44.7 Å². The second-order valence-corrected chi connectivity index (χ2v) is 11.4. The van der Waals surface area contributed by atoms with Crippen LogP contribution in [0.3, 0.4) is 0 Å². The molecular formula is C37H50N2O5. The zero-order valence-electron chi connectivity index (χ0n) is 28.1. The van der Waals surface area contributed by atoms with Gasteiger partial charge >= 0.3 is 6.03 Å². The fourth-order valence-corrected chi connectivity index (χ4v) is 6.26. The number of ether oxygens (including phenoxy) is 4. The number of amides is 2. The lowest BCUT2D eigenvalue weighted by atomic mass is 9.88. The van der Waals surface area contributed by atoms with Gasteiger partial charge < -0.3 is 29.2 Å². The highest BCUT2D eigenvalue weighted by Gasteiger charge is 2.33. The molecule has 1 atom stereocenters. The molecule has 1 aliphatic rings. The van der Waals surface area contributed by atoms with Crippen LogP contribution in [0.1, 0.15) is 83.8 Å². The quantitative estimate of drug-likeness (QED) is 0.228. The molecule has 2 amide bonds. The average Bonchev–Trinajstić information content (AvgIpc) is 3.01. The summed E-state index contributed by atoms with van der Waals surface area (Å²) in [4.78, 5) is 16.0. The Morgan fingerprint density at radius 2 is 1.25 bits per heavy atom. The highest BCUT2D eigenvalue weighted by molar-refractivity contribution is 5.76. The van der Waals surface area contributed by atoms with E-state index in [4.69, 9.17) is 18.9 Å². The van der Waals surface area contributed by atoms with Crippen LogP contribution in [0.4, 0.5) is 4.79 Å². The molecule has 0 radical (unpaired) electrons. The van der Waals surface area contributed by atoms with Crippen LogP contribution in [0, 0.1) is 34.6 Å². The molecule has 0 saturated carbocycles. The topological polar surface area (TPSA) is 69.3 Å². The van der Waals surface area contributed by atoms with E-state index in [1.165, 1.54) is 38.9 Å². The van der Waals surface area contributed by atoms with Crippen LogP contribution in [-0.4, -0.2) is 43.9 Å². The van der Waals surface area contributed by atoms with Crippen LogP contribution >= 0.6 is 0 Å². The number of nitrogens with zero attached hydrogens (tertiary/aromatic N) is 1. The van der Waals surface area contributed by atoms with Gasteiger partial charge in [-0.05, 0) is 149 Å². The van der Waals surface area contributed by atoms with Crippen molar-refractivity contribution in [2.75, 3.05) is 33.0 Å². The smallest absolute Gasteiger partial charge is 0.318 e. The van der Waals surface area contributed by atoms with Gasteiger partial charge in [0.25, 0.3) is 0 Å². The lowest BCUT2D eigenvalue weighted by molar-refractivity contribution is 0.167. The number of carbonyl (C=O) groups is 1. The van der Waals surface area contributed by atoms with Crippen LogP contribution in [0.25, 0.3) is 0 Å². The SMILES string of the molecule is CCOc1ccc(CC2c3cc(OCC)c(OCC)cc3CCN2C(=O)NCc2c(C)c(C)c(C)c(C)c2C)cc1OCC. The van der Waals surface area contributed by atoms with Gasteiger partial charge in [-0.25, -0.2) is 4.79 Å². The number of nitrogens with one attached hydrogen (secondary N) is 1. The minimum atomic E-state index is -0.204. The Bertz CT molecular complexity index is 1450. The molecule has 0 aliphatic carbocycles. The van der Waals surface area contributed by atoms with Crippen molar-refractivity contribution in [1.29, 1.82) is 0 Å². The fraction of sp³-hybridized carbons (Fsp3) is 0.486. The predicted molar refractivity (Wildman–Crippen MR) is 177 cm³/mol. The first kappa shape index (κ1) is 33.0. The van der Waals surface area contributed by atoms with Crippen LogP contribution < -0.4 is 24.3 Å². The maximum atomic E-state index is 14.0. The molecule has 7 nitrogen and oxygen atoms in total. The Hall–Kier alpha value is -3.87. The third-order valence-corrected chi connectivity index (χ3v) is 9.03. The Balaban J connectivity index is 1.72. The van der Waals surface area contributed by atoms with Crippen molar-refractivity contribution in [2.45, 2.75) is 87.7 Å². The van der Waals surface area contributed by atoms with Gasteiger partial charge in [0, 0.05) is 13.1 Å². The van der Waals surface area contributed by atoms with Crippen LogP contribution in [0.2, 0.25) is 0 Å². The van der Waals surface area contributed by atoms with Gasteiger partial charge in [0.2, 0.25) is 0 Å². The summed E-state index contributed by atoms with van der Waals surface area (Å²) in [6.45, 7) is 22.0. The van der Waals surface area contributed by atoms with E-state index in [0.717, 1.165) is 34.8 Å². The van der Waals surface area contributed by atoms with Crippen LogP contribution in [-0.2, 0) is 19.4 Å². The molecular weight excluding hydrogens is 552 g/mol. The summed E-state index contributed by atoms with van der Waals surface area (Å²) >= 11 is 0. The first-order chi connectivity index (χ1) is 21.1. The molecule has 1 N–H and O–H groups in total. The monoisotopic (exact) mass is 602 g/mol. The van der Waals surface area contributed by atoms with Crippen LogP contribution in [0.5, 0.6) is 23.0 Å². The number of rotatable bonds is 12. The third-order valence-electron chi connectivity index (χ3n) is 9.03. The number of fused-ring (bicyclic) bond motifs is 1. The standard InChI is InChI=1S/C37H50N2O5/c1-10-41-33-15-14-28(19-34(33)42-11-2)18-32-30-21-36(44-13-4)35(43-12-3)20-29(30)16-17-39(32)37(40)38-22-31-26(8)24(6)23(5)25(7)27(31)9/h14-15,19-21,32H,10-13,16-18,22H2,1-9H3,(H,38,40). The van der Waals surface area contributed by atoms with E-state index in [1.54, 1.807) is 0 Å². The summed E-state index contributed by atoms with van der Waals surface area (Å²) in [6.07, 6.45) is 1.35. The molecule has 0 spiro atoms. The summed E-state index contributed by atoms with van der Waals surface area (Å²) in [5, 5.41) is 3.29. The molecule has 0 fully saturated rings. The molecule has 4 rings (SSSR count). The minimum absolute atomic E-state index is 0.0712. The van der Waals surface area contributed by atoms with E-state index < -0.39 is 0 Å². The maximum absolute atomic E-state index is 14.0. The molecule has 7 heteroatoms. The van der Waals surface area contributed by atoms with Crippen LogP contribution in [0.15, 0.2) is 30.3 Å². The van der Waals surface area contributed by atoms with E-state index >= 15 is 0 Å². The van der Waals surface area contributed by atoms with Gasteiger partial charge in [-0.15, -0.1) is 0 Å². The second kappa shape index (κ2) is 14.7. The van der Waals surface area contributed by atoms with Gasteiger partial charge in [0.1, 0.15) is 0 Å². The first-order valence-electron chi connectivity index (χ1n) is 16.1. The fourth-order valence-electron chi connectivity index (χ4n) is 6.26. The summed E-state index contributed by atoms with van der Waals surface area (Å²) in [6, 6.07) is 9.98. The normalized spacial score (nSPS) is 14.2. The average molecular weight is 603 g/mol. The van der Waals surface area contributed by atoms with E-state index in [9.17, 15) is 4.79 Å². The van der Waals surface area contributed by atoms with E-state index in [-0.39, 0.29) is 12.1 Å². The highest BCUT2D eigenvalue weighted by Crippen LogP contribution is 2.41. The number of benzene rings is 3. The van der Waals surface area contributed by atoms with Crippen molar-refractivity contribution in [3.8, 4) is 23.0 Å². The lowest BCUT2D eigenvalue weighted by Gasteiger charge is -2.38. The third kappa shape index (κ3) is 6.92. The Kier molecular flexibility index (Phi) is 11.1. The van der Waals surface area contributed by atoms with Gasteiger partial charge in [0.05, 0.1) is 32.5 Å². The Morgan fingerprint density at radius 1 is 0.727 bits per heavy atom. The maximum Gasteiger partial charge on any atom is 0.318 e. The van der Waals surface area contributed by atoms with E-state index in [2.05, 4.69) is 58.1 Å². The van der Waals surface area contributed by atoms with Crippen molar-refractivity contribution >= 4 is 6.03 Å². The Morgan fingerprint density at radius 3 is 1.84 bits per heavy atom. The second-order valence-electron chi connectivity index (χ2n) is 11.4. The van der Waals surface area contributed by atoms with Crippen molar-refractivity contribution < 1.29 is 23.7 Å². The summed E-state index contributed by atoms with van der Waals surface area (Å²) in [5.41, 5.74) is 10.9. The highest BCUT2D eigenvalue weighted by atomic mass is 16.5. The van der Waals surface area contributed by atoms with Crippen molar-refractivity contribution in [3.05, 3.63) is 80.4 Å². The molecule has 0 saturated heterocycles. The molecule has 3 aromatic carbocycles. The minimum Gasteiger partial charge on any atom is -0.490 e. The largest absolute Gasteiger partial charge is 0.490 e. The number of hydrogen-bond acceptors (Lipinski definition) is 5. The van der Waals surface area contributed by atoms with Gasteiger partial charge in [0.15, 0.2) is 23.0 Å². The molecule has 1 unspecified atom stereocenters. The summed E-state index contributed by atoms with van der Waals surface area (Å²) in [7, 11) is 0. The predicted octanol–water partition coefficient (Wildman–Crippen LogP) is 7.88.